The molecule has 1 aromatic carbocycles. The lowest BCUT2D eigenvalue weighted by Gasteiger charge is -2.07. The number of carbonyl (C=O) groups is 1. The smallest absolute Gasteiger partial charge is 0.166 e. The third-order valence-corrected chi connectivity index (χ3v) is 3.22. The Morgan fingerprint density at radius 2 is 2.05 bits per heavy atom. The molecule has 0 aliphatic heterocycles. The lowest BCUT2D eigenvalue weighted by molar-refractivity contribution is 0.0939. The maximum Gasteiger partial charge on any atom is 0.166 e. The monoisotopic (exact) mass is 259 g/mol. The highest BCUT2D eigenvalue weighted by atomic mass is 19.1. The normalized spacial score (nSPS) is 11.0. The van der Waals surface area contributed by atoms with Crippen molar-refractivity contribution >= 4 is 5.78 Å². The van der Waals surface area contributed by atoms with Crippen LogP contribution in [0.2, 0.25) is 0 Å². The summed E-state index contributed by atoms with van der Waals surface area (Å²) in [5.74, 6) is -0.0672. The Morgan fingerprint density at radius 3 is 2.68 bits per heavy atom. The number of ketones is 1. The second-order valence-electron chi connectivity index (χ2n) is 5.16. The first kappa shape index (κ1) is 13.5. The predicted molar refractivity (Wildman–Crippen MR) is 73.8 cm³/mol. The van der Waals surface area contributed by atoms with E-state index in [4.69, 9.17) is 0 Å². The molecule has 0 N–H and O–H groups in total. The van der Waals surface area contributed by atoms with E-state index in [9.17, 15) is 9.18 Å². The van der Waals surface area contributed by atoms with Crippen LogP contribution in [0.15, 0.2) is 36.7 Å². The maximum atomic E-state index is 13.0. The largest absolute Gasteiger partial charge is 0.349 e. The summed E-state index contributed by atoms with van der Waals surface area (Å²) < 4.78 is 15.0. The van der Waals surface area contributed by atoms with Gasteiger partial charge in [0.2, 0.25) is 0 Å². The second-order valence-corrected chi connectivity index (χ2v) is 5.16. The van der Waals surface area contributed by atoms with E-state index in [-0.39, 0.29) is 17.5 Å². The third kappa shape index (κ3) is 3.11. The molecule has 0 spiro atoms. The minimum atomic E-state index is -0.218. The van der Waals surface area contributed by atoms with Gasteiger partial charge in [0.15, 0.2) is 5.78 Å². The number of hydrogen-bond acceptors (Lipinski definition) is 1. The van der Waals surface area contributed by atoms with Gasteiger partial charge in [-0.15, -0.1) is 0 Å². The molecule has 0 amide bonds. The molecule has 0 aliphatic carbocycles. The van der Waals surface area contributed by atoms with Gasteiger partial charge in [-0.25, -0.2) is 4.39 Å². The van der Waals surface area contributed by atoms with E-state index in [1.54, 1.807) is 6.07 Å². The van der Waals surface area contributed by atoms with E-state index in [0.717, 1.165) is 16.7 Å². The van der Waals surface area contributed by atoms with E-state index in [0.29, 0.717) is 6.54 Å². The average molecular weight is 259 g/mol. The molecule has 100 valence electrons. The number of nitrogens with zero attached hydrogens (tertiary/aromatic N) is 1. The molecule has 0 radical (unpaired) electrons. The van der Waals surface area contributed by atoms with Crippen LogP contribution in [-0.2, 0) is 6.54 Å². The van der Waals surface area contributed by atoms with Crippen LogP contribution in [0.5, 0.6) is 0 Å². The molecule has 0 fully saturated rings. The zero-order chi connectivity index (χ0) is 14.0. The van der Waals surface area contributed by atoms with Crippen LogP contribution >= 0.6 is 0 Å². The SMILES string of the molecule is Cc1cc(F)ccc1Cn1ccc(C(=O)C(C)C)c1. The Hall–Kier alpha value is -1.90. The van der Waals surface area contributed by atoms with Crippen LogP contribution in [0.25, 0.3) is 0 Å². The van der Waals surface area contributed by atoms with Crippen molar-refractivity contribution in [2.24, 2.45) is 5.92 Å². The van der Waals surface area contributed by atoms with Gasteiger partial charge in [0.25, 0.3) is 0 Å². The summed E-state index contributed by atoms with van der Waals surface area (Å²) in [4.78, 5) is 11.9. The van der Waals surface area contributed by atoms with Gasteiger partial charge in [-0.1, -0.05) is 19.9 Å². The van der Waals surface area contributed by atoms with Crippen LogP contribution in [0.4, 0.5) is 4.39 Å². The summed E-state index contributed by atoms with van der Waals surface area (Å²) >= 11 is 0. The number of aromatic nitrogens is 1. The molecule has 0 aliphatic rings. The van der Waals surface area contributed by atoms with Crippen molar-refractivity contribution < 1.29 is 9.18 Å². The molecule has 1 heterocycles. The van der Waals surface area contributed by atoms with Gasteiger partial charge in [0.05, 0.1) is 0 Å². The molecule has 0 unspecified atom stereocenters. The van der Waals surface area contributed by atoms with Crippen molar-refractivity contribution in [2.45, 2.75) is 27.3 Å². The Balaban J connectivity index is 2.18. The number of hydrogen-bond donors (Lipinski definition) is 0. The van der Waals surface area contributed by atoms with Gasteiger partial charge in [-0.3, -0.25) is 4.79 Å². The summed E-state index contributed by atoms with van der Waals surface area (Å²) in [5, 5.41) is 0. The molecular weight excluding hydrogens is 241 g/mol. The molecule has 0 saturated carbocycles. The maximum absolute atomic E-state index is 13.0. The van der Waals surface area contributed by atoms with E-state index >= 15 is 0 Å². The van der Waals surface area contributed by atoms with Crippen LogP contribution in [0.3, 0.4) is 0 Å². The first-order valence-electron chi connectivity index (χ1n) is 6.42. The summed E-state index contributed by atoms with van der Waals surface area (Å²) in [6.07, 6.45) is 3.74. The fraction of sp³-hybridized carbons (Fsp3) is 0.312. The third-order valence-electron chi connectivity index (χ3n) is 3.22. The topological polar surface area (TPSA) is 22.0 Å². The Bertz CT molecular complexity index is 599. The minimum absolute atomic E-state index is 0.00315. The van der Waals surface area contributed by atoms with E-state index in [2.05, 4.69) is 0 Å². The van der Waals surface area contributed by atoms with E-state index in [1.807, 2.05) is 43.8 Å². The molecule has 0 atom stereocenters. The highest BCUT2D eigenvalue weighted by molar-refractivity contribution is 5.97. The fourth-order valence-corrected chi connectivity index (χ4v) is 2.05. The molecule has 3 heteroatoms. The second kappa shape index (κ2) is 5.39. The number of Topliss-reactive ketones (excluding diaryl/α,β-unsaturated/α-hetero) is 1. The molecule has 2 aromatic rings. The van der Waals surface area contributed by atoms with Crippen LogP contribution < -0.4 is 0 Å². The van der Waals surface area contributed by atoms with Crippen molar-refractivity contribution in [3.63, 3.8) is 0 Å². The highest BCUT2D eigenvalue weighted by Crippen LogP contribution is 2.14. The Morgan fingerprint density at radius 1 is 1.32 bits per heavy atom. The summed E-state index contributed by atoms with van der Waals surface area (Å²) in [5.41, 5.74) is 2.71. The number of carbonyl (C=O) groups excluding carboxylic acids is 1. The zero-order valence-electron chi connectivity index (χ0n) is 11.5. The number of rotatable bonds is 4. The molecule has 1 aromatic heterocycles. The van der Waals surface area contributed by atoms with E-state index in [1.165, 1.54) is 12.1 Å². The van der Waals surface area contributed by atoms with Gasteiger partial charge in [-0.2, -0.15) is 0 Å². The first-order valence-corrected chi connectivity index (χ1v) is 6.42. The highest BCUT2D eigenvalue weighted by Gasteiger charge is 2.11. The zero-order valence-corrected chi connectivity index (χ0v) is 11.5. The van der Waals surface area contributed by atoms with Crippen LogP contribution in [-0.4, -0.2) is 10.4 Å². The van der Waals surface area contributed by atoms with Gasteiger partial charge < -0.3 is 4.57 Å². The Kier molecular flexibility index (Phi) is 3.84. The molecule has 2 nitrogen and oxygen atoms in total. The fourth-order valence-electron chi connectivity index (χ4n) is 2.05. The summed E-state index contributed by atoms with van der Waals surface area (Å²) in [6, 6.07) is 6.61. The van der Waals surface area contributed by atoms with E-state index < -0.39 is 0 Å². The molecule has 19 heavy (non-hydrogen) atoms. The molecular formula is C16H18FNO. The quantitative estimate of drug-likeness (QED) is 0.765. The standard InChI is InChI=1S/C16H18FNO/c1-11(2)16(19)14-6-7-18(10-14)9-13-4-5-15(17)8-12(13)3/h4-8,10-11H,9H2,1-3H3. The van der Waals surface area contributed by atoms with Crippen molar-refractivity contribution in [3.8, 4) is 0 Å². The Labute approximate surface area is 112 Å². The summed E-state index contributed by atoms with van der Waals surface area (Å²) in [6.45, 7) is 6.33. The van der Waals surface area contributed by atoms with Crippen molar-refractivity contribution in [1.82, 2.24) is 4.57 Å². The lowest BCUT2D eigenvalue weighted by atomic mass is 10.0. The van der Waals surface area contributed by atoms with Crippen LogP contribution in [0.1, 0.15) is 35.3 Å². The van der Waals surface area contributed by atoms with Crippen molar-refractivity contribution in [1.29, 1.82) is 0 Å². The molecule has 0 bridgehead atoms. The van der Waals surface area contributed by atoms with Gasteiger partial charge in [0.1, 0.15) is 5.82 Å². The number of halogens is 1. The molecule has 0 saturated heterocycles. The summed E-state index contributed by atoms with van der Waals surface area (Å²) in [7, 11) is 0. The minimum Gasteiger partial charge on any atom is -0.349 e. The molecule has 2 rings (SSSR count). The van der Waals surface area contributed by atoms with Crippen molar-refractivity contribution in [3.05, 3.63) is 59.2 Å². The number of aryl methyl sites for hydroxylation is 1. The first-order chi connectivity index (χ1) is 8.97. The van der Waals surface area contributed by atoms with Gasteiger partial charge in [0, 0.05) is 30.4 Å². The lowest BCUT2D eigenvalue weighted by Crippen LogP contribution is -2.06. The average Bonchev–Trinajstić information content (AvgIpc) is 2.80. The number of benzene rings is 1. The predicted octanol–water partition coefficient (Wildman–Crippen LogP) is 3.82. The van der Waals surface area contributed by atoms with Gasteiger partial charge >= 0.3 is 0 Å². The van der Waals surface area contributed by atoms with Gasteiger partial charge in [-0.05, 0) is 36.2 Å². The van der Waals surface area contributed by atoms with Crippen LogP contribution in [0, 0.1) is 18.7 Å². The van der Waals surface area contributed by atoms with Crippen molar-refractivity contribution in [2.75, 3.05) is 0 Å².